The highest BCUT2D eigenvalue weighted by Gasteiger charge is 2.25. The summed E-state index contributed by atoms with van der Waals surface area (Å²) in [5.41, 5.74) is -0.152. The molecule has 8 heteroatoms. The first-order valence-corrected chi connectivity index (χ1v) is 6.74. The molecule has 120 valence electrons. The normalized spacial score (nSPS) is 13.0. The number of rotatable bonds is 8. The summed E-state index contributed by atoms with van der Waals surface area (Å²) < 4.78 is 5.14. The molecule has 22 heavy (non-hydrogen) atoms. The summed E-state index contributed by atoms with van der Waals surface area (Å²) >= 11 is 0. The van der Waals surface area contributed by atoms with Crippen LogP contribution in [0.1, 0.15) is 20.3 Å². The average molecular weight is 310 g/mol. The first-order chi connectivity index (χ1) is 10.3. The highest BCUT2D eigenvalue weighted by atomic mass is 16.6. The number of ether oxygens (including phenoxy) is 1. The van der Waals surface area contributed by atoms with Crippen LogP contribution in [-0.4, -0.2) is 34.6 Å². The van der Waals surface area contributed by atoms with Gasteiger partial charge in [0.05, 0.1) is 11.0 Å². The monoisotopic (exact) mass is 310 g/mol. The van der Waals surface area contributed by atoms with Crippen molar-refractivity contribution in [3.8, 4) is 5.75 Å². The Balaban J connectivity index is 2.60. The molecule has 0 aliphatic carbocycles. The Labute approximate surface area is 127 Å². The van der Waals surface area contributed by atoms with Gasteiger partial charge < -0.3 is 15.2 Å². The van der Waals surface area contributed by atoms with E-state index in [-0.39, 0.29) is 17.4 Å². The second-order valence-electron chi connectivity index (χ2n) is 4.81. The van der Waals surface area contributed by atoms with Gasteiger partial charge in [-0.05, 0) is 12.0 Å². The molecule has 0 aliphatic rings. The van der Waals surface area contributed by atoms with Gasteiger partial charge in [-0.1, -0.05) is 26.3 Å². The number of benzene rings is 1. The van der Waals surface area contributed by atoms with Gasteiger partial charge in [-0.3, -0.25) is 14.9 Å². The maximum atomic E-state index is 11.7. The van der Waals surface area contributed by atoms with Gasteiger partial charge in [-0.15, -0.1) is 0 Å². The number of nitro groups is 1. The fourth-order valence-electron chi connectivity index (χ4n) is 1.73. The number of carboxylic acid groups (broad SMARTS) is 1. The van der Waals surface area contributed by atoms with Crippen molar-refractivity contribution in [2.75, 3.05) is 6.61 Å². The number of amides is 1. The van der Waals surface area contributed by atoms with Crippen molar-refractivity contribution in [2.45, 2.75) is 26.3 Å². The number of nitro benzene ring substituents is 1. The summed E-state index contributed by atoms with van der Waals surface area (Å²) in [6, 6.07) is 4.41. The molecule has 0 spiro atoms. The van der Waals surface area contributed by atoms with Gasteiger partial charge in [-0.2, -0.15) is 0 Å². The third-order valence-electron chi connectivity index (χ3n) is 3.19. The lowest BCUT2D eigenvalue weighted by molar-refractivity contribution is -0.384. The van der Waals surface area contributed by atoms with E-state index >= 15 is 0 Å². The van der Waals surface area contributed by atoms with Crippen molar-refractivity contribution in [3.63, 3.8) is 0 Å². The molecule has 1 rings (SSSR count). The molecule has 0 radical (unpaired) electrons. The minimum atomic E-state index is -1.11. The van der Waals surface area contributed by atoms with Crippen LogP contribution < -0.4 is 10.1 Å². The van der Waals surface area contributed by atoms with Crippen molar-refractivity contribution in [1.29, 1.82) is 0 Å². The third kappa shape index (κ3) is 5.04. The first kappa shape index (κ1) is 17.4. The SMILES string of the molecule is CCC(C)C(NC(=O)COc1cccc([N+](=O)[O-])c1)C(=O)O. The minimum Gasteiger partial charge on any atom is -0.484 e. The van der Waals surface area contributed by atoms with Gasteiger partial charge in [0.15, 0.2) is 6.61 Å². The number of nitrogens with zero attached hydrogens (tertiary/aromatic N) is 1. The molecule has 0 fully saturated rings. The number of carbonyl (C=O) groups is 2. The van der Waals surface area contributed by atoms with Gasteiger partial charge in [0, 0.05) is 6.07 Å². The van der Waals surface area contributed by atoms with E-state index in [1.54, 1.807) is 6.92 Å². The molecule has 1 amide bonds. The average Bonchev–Trinajstić information content (AvgIpc) is 2.49. The van der Waals surface area contributed by atoms with Crippen molar-refractivity contribution < 1.29 is 24.4 Å². The molecule has 0 heterocycles. The lowest BCUT2D eigenvalue weighted by Gasteiger charge is -2.20. The molecular formula is C14H18N2O6. The summed E-state index contributed by atoms with van der Waals surface area (Å²) in [4.78, 5) is 32.9. The number of non-ortho nitro benzene ring substituents is 1. The fourth-order valence-corrected chi connectivity index (χ4v) is 1.73. The standard InChI is InChI=1S/C14H18N2O6/c1-3-9(2)13(14(18)19)15-12(17)8-22-11-6-4-5-10(7-11)16(20)21/h4-7,9,13H,3,8H2,1-2H3,(H,15,17)(H,18,19). The van der Waals surface area contributed by atoms with Crippen LogP contribution in [-0.2, 0) is 9.59 Å². The van der Waals surface area contributed by atoms with Gasteiger partial charge in [0.25, 0.3) is 11.6 Å². The maximum absolute atomic E-state index is 11.7. The fraction of sp³-hybridized carbons (Fsp3) is 0.429. The molecule has 1 aromatic rings. The molecule has 8 nitrogen and oxygen atoms in total. The second-order valence-corrected chi connectivity index (χ2v) is 4.81. The van der Waals surface area contributed by atoms with Gasteiger partial charge in [0.2, 0.25) is 0 Å². The van der Waals surface area contributed by atoms with Crippen LogP contribution in [0.2, 0.25) is 0 Å². The van der Waals surface area contributed by atoms with Crippen molar-refractivity contribution in [1.82, 2.24) is 5.32 Å². The van der Waals surface area contributed by atoms with E-state index in [0.29, 0.717) is 6.42 Å². The maximum Gasteiger partial charge on any atom is 0.326 e. The number of carboxylic acids is 1. The number of nitrogens with one attached hydrogen (secondary N) is 1. The Morgan fingerprint density at radius 1 is 1.45 bits per heavy atom. The molecule has 0 saturated carbocycles. The zero-order chi connectivity index (χ0) is 16.7. The molecule has 2 atom stereocenters. The topological polar surface area (TPSA) is 119 Å². The molecule has 0 bridgehead atoms. The van der Waals surface area contributed by atoms with E-state index in [1.807, 2.05) is 6.92 Å². The highest BCUT2D eigenvalue weighted by Crippen LogP contribution is 2.18. The van der Waals surface area contributed by atoms with Crippen LogP contribution >= 0.6 is 0 Å². The first-order valence-electron chi connectivity index (χ1n) is 6.74. The largest absolute Gasteiger partial charge is 0.484 e. The van der Waals surface area contributed by atoms with Crippen LogP contribution in [0, 0.1) is 16.0 Å². The van der Waals surface area contributed by atoms with Crippen LogP contribution in [0.3, 0.4) is 0 Å². The highest BCUT2D eigenvalue weighted by molar-refractivity contribution is 5.84. The number of carbonyl (C=O) groups excluding carboxylic acids is 1. The summed E-state index contributed by atoms with van der Waals surface area (Å²) in [5.74, 6) is -1.77. The Hall–Kier alpha value is -2.64. The quantitative estimate of drug-likeness (QED) is 0.556. The van der Waals surface area contributed by atoms with Gasteiger partial charge in [-0.25, -0.2) is 4.79 Å². The van der Waals surface area contributed by atoms with Gasteiger partial charge in [0.1, 0.15) is 11.8 Å². The Morgan fingerprint density at radius 2 is 2.14 bits per heavy atom. The Bertz CT molecular complexity index is 560. The van der Waals surface area contributed by atoms with E-state index in [2.05, 4.69) is 5.32 Å². The van der Waals surface area contributed by atoms with E-state index in [4.69, 9.17) is 9.84 Å². The van der Waals surface area contributed by atoms with Crippen LogP contribution in [0.4, 0.5) is 5.69 Å². The van der Waals surface area contributed by atoms with E-state index in [1.165, 1.54) is 24.3 Å². The molecule has 1 aromatic carbocycles. The number of hydrogen-bond acceptors (Lipinski definition) is 5. The van der Waals surface area contributed by atoms with E-state index < -0.39 is 29.4 Å². The summed E-state index contributed by atoms with van der Waals surface area (Å²) in [7, 11) is 0. The Kier molecular flexibility index (Phi) is 6.30. The minimum absolute atomic E-state index is 0.152. The van der Waals surface area contributed by atoms with Crippen molar-refractivity contribution in [2.24, 2.45) is 5.92 Å². The van der Waals surface area contributed by atoms with Crippen LogP contribution in [0.5, 0.6) is 5.75 Å². The molecule has 0 aliphatic heterocycles. The predicted octanol–water partition coefficient (Wildman–Crippen LogP) is 1.59. The molecule has 0 aromatic heterocycles. The smallest absolute Gasteiger partial charge is 0.326 e. The number of hydrogen-bond donors (Lipinski definition) is 2. The third-order valence-corrected chi connectivity index (χ3v) is 3.19. The zero-order valence-corrected chi connectivity index (χ0v) is 12.3. The van der Waals surface area contributed by atoms with Crippen molar-refractivity contribution >= 4 is 17.6 Å². The summed E-state index contributed by atoms with van der Waals surface area (Å²) in [6.45, 7) is 3.13. The van der Waals surface area contributed by atoms with Crippen LogP contribution in [0.25, 0.3) is 0 Å². The van der Waals surface area contributed by atoms with E-state index in [0.717, 1.165) is 0 Å². The number of aliphatic carboxylic acids is 1. The zero-order valence-electron chi connectivity index (χ0n) is 12.3. The molecular weight excluding hydrogens is 292 g/mol. The second kappa shape index (κ2) is 7.96. The lowest BCUT2D eigenvalue weighted by Crippen LogP contribution is -2.46. The lowest BCUT2D eigenvalue weighted by atomic mass is 9.99. The molecule has 2 unspecified atom stereocenters. The van der Waals surface area contributed by atoms with E-state index in [9.17, 15) is 19.7 Å². The summed E-state index contributed by atoms with van der Waals surface area (Å²) in [5, 5.41) is 22.1. The van der Waals surface area contributed by atoms with Crippen LogP contribution in [0.15, 0.2) is 24.3 Å². The predicted molar refractivity (Wildman–Crippen MR) is 77.6 cm³/mol. The van der Waals surface area contributed by atoms with Gasteiger partial charge >= 0.3 is 5.97 Å². The summed E-state index contributed by atoms with van der Waals surface area (Å²) in [6.07, 6.45) is 0.600. The molecule has 2 N–H and O–H groups in total. The Morgan fingerprint density at radius 3 is 2.68 bits per heavy atom. The molecule has 0 saturated heterocycles. The van der Waals surface area contributed by atoms with Crippen molar-refractivity contribution in [3.05, 3.63) is 34.4 Å².